The van der Waals surface area contributed by atoms with Gasteiger partial charge in [-0.3, -0.25) is 9.52 Å². The molecule has 2 aromatic carbocycles. The summed E-state index contributed by atoms with van der Waals surface area (Å²) < 4.78 is 33.2. The molecule has 8 heteroatoms. The molecule has 1 saturated heterocycles. The number of aliphatic hydroxyl groups is 1. The Morgan fingerprint density at radius 2 is 1.73 bits per heavy atom. The molecule has 0 bridgehead atoms. The van der Waals surface area contributed by atoms with E-state index >= 15 is 0 Å². The largest absolute Gasteiger partial charge is 0.494 e. The smallest absolute Gasteiger partial charge is 0.261 e. The Labute approximate surface area is 177 Å². The molecule has 1 heterocycles. The molecule has 7 nitrogen and oxygen atoms in total. The summed E-state index contributed by atoms with van der Waals surface area (Å²) in [6.45, 7) is 3.72. The van der Waals surface area contributed by atoms with Gasteiger partial charge < -0.3 is 14.7 Å². The highest BCUT2D eigenvalue weighted by molar-refractivity contribution is 7.92. The van der Waals surface area contributed by atoms with Crippen LogP contribution in [0, 0.1) is 0 Å². The lowest BCUT2D eigenvalue weighted by Gasteiger charge is -2.29. The van der Waals surface area contributed by atoms with E-state index in [-0.39, 0.29) is 23.3 Å². The summed E-state index contributed by atoms with van der Waals surface area (Å²) in [5.41, 5.74) is 1.24. The summed E-state index contributed by atoms with van der Waals surface area (Å²) >= 11 is 0. The molecule has 0 saturated carbocycles. The topological polar surface area (TPSA) is 95.9 Å². The maximum atomic E-state index is 12.6. The minimum Gasteiger partial charge on any atom is -0.494 e. The van der Waals surface area contributed by atoms with Crippen molar-refractivity contribution in [2.24, 2.45) is 0 Å². The van der Waals surface area contributed by atoms with E-state index in [1.165, 1.54) is 12.1 Å². The molecule has 1 amide bonds. The van der Waals surface area contributed by atoms with Gasteiger partial charge in [0.25, 0.3) is 10.0 Å². The third-order valence-corrected chi connectivity index (χ3v) is 6.38. The van der Waals surface area contributed by atoms with E-state index in [4.69, 9.17) is 4.74 Å². The van der Waals surface area contributed by atoms with Gasteiger partial charge >= 0.3 is 0 Å². The van der Waals surface area contributed by atoms with Crippen LogP contribution in [0.4, 0.5) is 5.69 Å². The molecule has 0 atom stereocenters. The van der Waals surface area contributed by atoms with Crippen LogP contribution in [-0.4, -0.2) is 50.1 Å². The van der Waals surface area contributed by atoms with Crippen molar-refractivity contribution in [3.05, 3.63) is 54.1 Å². The van der Waals surface area contributed by atoms with Gasteiger partial charge in [0.1, 0.15) is 5.75 Å². The Balaban J connectivity index is 1.58. The van der Waals surface area contributed by atoms with Gasteiger partial charge in [-0.05, 0) is 61.2 Å². The Hall–Kier alpha value is -2.58. The molecule has 162 valence electrons. The first-order chi connectivity index (χ1) is 14.4. The van der Waals surface area contributed by atoms with E-state index in [0.717, 1.165) is 12.0 Å². The highest BCUT2D eigenvalue weighted by Gasteiger charge is 2.21. The van der Waals surface area contributed by atoms with Gasteiger partial charge in [-0.2, -0.15) is 0 Å². The average molecular weight is 433 g/mol. The molecule has 2 aromatic rings. The highest BCUT2D eigenvalue weighted by Crippen LogP contribution is 2.20. The van der Waals surface area contributed by atoms with Crippen LogP contribution in [0.2, 0.25) is 0 Å². The van der Waals surface area contributed by atoms with Crippen molar-refractivity contribution in [1.82, 2.24) is 4.90 Å². The SMILES string of the molecule is CCCOc1ccc(S(=O)(=O)Nc2ccc(CC(=O)N3CCC(O)CC3)cc2)cc1. The van der Waals surface area contributed by atoms with E-state index in [0.29, 0.717) is 44.0 Å². The third-order valence-electron chi connectivity index (χ3n) is 4.99. The molecule has 30 heavy (non-hydrogen) atoms. The summed E-state index contributed by atoms with van der Waals surface area (Å²) in [7, 11) is -3.71. The minimum absolute atomic E-state index is 0.0145. The number of hydrogen-bond acceptors (Lipinski definition) is 5. The van der Waals surface area contributed by atoms with Crippen LogP contribution in [-0.2, 0) is 21.2 Å². The number of hydrogen-bond donors (Lipinski definition) is 2. The van der Waals surface area contributed by atoms with Gasteiger partial charge in [0.05, 0.1) is 24.0 Å². The van der Waals surface area contributed by atoms with Crippen LogP contribution >= 0.6 is 0 Å². The van der Waals surface area contributed by atoms with Crippen LogP contribution in [0.3, 0.4) is 0 Å². The summed E-state index contributed by atoms with van der Waals surface area (Å²) in [5, 5.41) is 9.55. The molecule has 1 aliphatic heterocycles. The molecular formula is C22H28N2O5S. The number of likely N-dealkylation sites (tertiary alicyclic amines) is 1. The van der Waals surface area contributed by atoms with Crippen molar-refractivity contribution < 1.29 is 23.1 Å². The highest BCUT2D eigenvalue weighted by atomic mass is 32.2. The second-order valence-corrected chi connectivity index (χ2v) is 9.09. The number of sulfonamides is 1. The Morgan fingerprint density at radius 3 is 2.33 bits per heavy atom. The van der Waals surface area contributed by atoms with Gasteiger partial charge in [-0.15, -0.1) is 0 Å². The number of anilines is 1. The Kier molecular flexibility index (Phi) is 7.33. The number of nitrogens with one attached hydrogen (secondary N) is 1. The van der Waals surface area contributed by atoms with Crippen molar-refractivity contribution in [3.63, 3.8) is 0 Å². The summed E-state index contributed by atoms with van der Waals surface area (Å²) in [5.74, 6) is 0.647. The van der Waals surface area contributed by atoms with E-state index in [9.17, 15) is 18.3 Å². The number of piperidine rings is 1. The van der Waals surface area contributed by atoms with Gasteiger partial charge in [-0.1, -0.05) is 19.1 Å². The van der Waals surface area contributed by atoms with E-state index in [1.54, 1.807) is 41.3 Å². The summed E-state index contributed by atoms with van der Waals surface area (Å²) in [6, 6.07) is 13.1. The number of amides is 1. The molecule has 2 N–H and O–H groups in total. The lowest BCUT2D eigenvalue weighted by atomic mass is 10.1. The van der Waals surface area contributed by atoms with Crippen molar-refractivity contribution in [2.45, 2.75) is 43.6 Å². The fourth-order valence-corrected chi connectivity index (χ4v) is 4.30. The zero-order chi connectivity index (χ0) is 21.6. The van der Waals surface area contributed by atoms with Gasteiger partial charge in [-0.25, -0.2) is 8.42 Å². The normalized spacial score (nSPS) is 15.1. The van der Waals surface area contributed by atoms with Crippen LogP contribution in [0.1, 0.15) is 31.7 Å². The van der Waals surface area contributed by atoms with Crippen LogP contribution < -0.4 is 9.46 Å². The van der Waals surface area contributed by atoms with E-state index in [2.05, 4.69) is 4.72 Å². The first kappa shape index (κ1) is 22.1. The van der Waals surface area contributed by atoms with Crippen molar-refractivity contribution in [1.29, 1.82) is 0 Å². The maximum Gasteiger partial charge on any atom is 0.261 e. The van der Waals surface area contributed by atoms with E-state index < -0.39 is 10.0 Å². The van der Waals surface area contributed by atoms with Gasteiger partial charge in [0, 0.05) is 18.8 Å². The summed E-state index contributed by atoms with van der Waals surface area (Å²) in [6.07, 6.45) is 2.03. The number of carbonyl (C=O) groups is 1. The standard InChI is InChI=1S/C22H28N2O5S/c1-2-15-29-20-7-9-21(10-8-20)30(27,28)23-18-5-3-17(4-6-18)16-22(26)24-13-11-19(25)12-14-24/h3-10,19,23,25H,2,11-16H2,1H3. The second-order valence-electron chi connectivity index (χ2n) is 7.41. The van der Waals surface area contributed by atoms with Crippen molar-refractivity contribution in [2.75, 3.05) is 24.4 Å². The number of carbonyl (C=O) groups excluding carboxylic acids is 1. The molecule has 1 aliphatic rings. The number of ether oxygens (including phenoxy) is 1. The van der Waals surface area contributed by atoms with E-state index in [1.807, 2.05) is 6.92 Å². The molecule has 3 rings (SSSR count). The minimum atomic E-state index is -3.71. The molecule has 0 aliphatic carbocycles. The fourth-order valence-electron chi connectivity index (χ4n) is 3.24. The van der Waals surface area contributed by atoms with Gasteiger partial charge in [0.15, 0.2) is 0 Å². The molecular weight excluding hydrogens is 404 g/mol. The number of benzene rings is 2. The predicted molar refractivity (Wildman–Crippen MR) is 115 cm³/mol. The lowest BCUT2D eigenvalue weighted by Crippen LogP contribution is -2.40. The number of nitrogens with zero attached hydrogens (tertiary/aromatic N) is 1. The maximum absolute atomic E-state index is 12.6. The molecule has 1 fully saturated rings. The number of aliphatic hydroxyl groups excluding tert-OH is 1. The van der Waals surface area contributed by atoms with Crippen molar-refractivity contribution in [3.8, 4) is 5.75 Å². The first-order valence-electron chi connectivity index (χ1n) is 10.2. The average Bonchev–Trinajstić information content (AvgIpc) is 2.74. The van der Waals surface area contributed by atoms with Crippen molar-refractivity contribution >= 4 is 21.6 Å². The molecule has 0 unspecified atom stereocenters. The number of rotatable bonds is 8. The Bertz CT molecular complexity index is 934. The zero-order valence-corrected chi connectivity index (χ0v) is 17.9. The van der Waals surface area contributed by atoms with Crippen LogP contribution in [0.15, 0.2) is 53.4 Å². The van der Waals surface area contributed by atoms with Crippen LogP contribution in [0.5, 0.6) is 5.75 Å². The quantitative estimate of drug-likeness (QED) is 0.669. The monoisotopic (exact) mass is 432 g/mol. The lowest BCUT2D eigenvalue weighted by molar-refractivity contribution is -0.132. The molecule has 0 aromatic heterocycles. The van der Waals surface area contributed by atoms with Gasteiger partial charge in [0.2, 0.25) is 5.91 Å². The third kappa shape index (κ3) is 5.96. The predicted octanol–water partition coefficient (Wildman–Crippen LogP) is 2.80. The zero-order valence-electron chi connectivity index (χ0n) is 17.1. The fraction of sp³-hybridized carbons (Fsp3) is 0.409. The second kappa shape index (κ2) is 9.95. The van der Waals surface area contributed by atoms with Crippen LogP contribution in [0.25, 0.3) is 0 Å². The Morgan fingerprint density at radius 1 is 1.10 bits per heavy atom. The molecule has 0 radical (unpaired) electrons. The molecule has 0 spiro atoms. The summed E-state index contributed by atoms with van der Waals surface area (Å²) in [4.78, 5) is 14.3. The first-order valence-corrected chi connectivity index (χ1v) is 11.7.